The van der Waals surface area contributed by atoms with Crippen LogP contribution >= 0.6 is 46.4 Å². The monoisotopic (exact) mass is 492 g/mol. The second kappa shape index (κ2) is 7.87. The molecule has 0 heterocycles. The van der Waals surface area contributed by atoms with Gasteiger partial charge in [0.05, 0.1) is 15.1 Å². The zero-order chi connectivity index (χ0) is 21.6. The summed E-state index contributed by atoms with van der Waals surface area (Å²) in [5.74, 6) is -0.772. The SMILES string of the molecule is O=S(=O)(O)C(c1cccc(O)c1)(c1cc(Cl)ccc1O)c1ccc(Cl)c(Cl)c1Cl. The van der Waals surface area contributed by atoms with Gasteiger partial charge in [0.1, 0.15) is 11.5 Å². The smallest absolute Gasteiger partial charge is 0.283 e. The molecule has 0 bridgehead atoms. The van der Waals surface area contributed by atoms with Gasteiger partial charge in [-0.2, -0.15) is 8.42 Å². The molecule has 0 spiro atoms. The molecule has 29 heavy (non-hydrogen) atoms. The molecule has 5 nitrogen and oxygen atoms in total. The van der Waals surface area contributed by atoms with Crippen LogP contribution in [0.2, 0.25) is 20.1 Å². The maximum atomic E-state index is 13.0. The van der Waals surface area contributed by atoms with E-state index in [0.717, 1.165) is 6.07 Å². The molecule has 0 aliphatic rings. The minimum Gasteiger partial charge on any atom is -0.508 e. The summed E-state index contributed by atoms with van der Waals surface area (Å²) in [7, 11) is -5.11. The van der Waals surface area contributed by atoms with Gasteiger partial charge in [-0.05, 0) is 42.0 Å². The van der Waals surface area contributed by atoms with Gasteiger partial charge in [0.2, 0.25) is 0 Å². The van der Waals surface area contributed by atoms with Crippen molar-refractivity contribution in [3.05, 3.63) is 91.4 Å². The Labute approximate surface area is 186 Å². The average molecular weight is 494 g/mol. The van der Waals surface area contributed by atoms with Crippen LogP contribution in [0.3, 0.4) is 0 Å². The summed E-state index contributed by atoms with van der Waals surface area (Å²) < 4.78 is 33.9. The molecule has 0 amide bonds. The van der Waals surface area contributed by atoms with Gasteiger partial charge in [-0.3, -0.25) is 4.55 Å². The highest BCUT2D eigenvalue weighted by atomic mass is 35.5. The number of phenols is 2. The number of aromatic hydroxyl groups is 2. The van der Waals surface area contributed by atoms with E-state index in [-0.39, 0.29) is 42.5 Å². The van der Waals surface area contributed by atoms with Gasteiger partial charge in [-0.25, -0.2) is 0 Å². The van der Waals surface area contributed by atoms with Crippen molar-refractivity contribution in [3.63, 3.8) is 0 Å². The molecule has 3 aromatic rings. The van der Waals surface area contributed by atoms with Gasteiger partial charge in [-0.15, -0.1) is 0 Å². The Morgan fingerprint density at radius 2 is 1.48 bits per heavy atom. The average Bonchev–Trinajstić information content (AvgIpc) is 2.64. The van der Waals surface area contributed by atoms with Crippen molar-refractivity contribution in [1.82, 2.24) is 0 Å². The molecule has 152 valence electrons. The second-order valence-corrected chi connectivity index (χ2v) is 9.25. The van der Waals surface area contributed by atoms with Crippen molar-refractivity contribution in [3.8, 4) is 11.5 Å². The highest BCUT2D eigenvalue weighted by molar-refractivity contribution is 7.87. The summed E-state index contributed by atoms with van der Waals surface area (Å²) in [5.41, 5.74) is -0.601. The first-order valence-electron chi connectivity index (χ1n) is 7.89. The van der Waals surface area contributed by atoms with Gasteiger partial charge in [0.25, 0.3) is 10.1 Å². The summed E-state index contributed by atoms with van der Waals surface area (Å²) in [4.78, 5) is 0. The molecule has 3 rings (SSSR count). The lowest BCUT2D eigenvalue weighted by molar-refractivity contribution is 0.439. The summed E-state index contributed by atoms with van der Waals surface area (Å²) in [6, 6.07) is 11.4. The van der Waals surface area contributed by atoms with Crippen LogP contribution in [0.4, 0.5) is 0 Å². The van der Waals surface area contributed by atoms with Crippen molar-refractivity contribution in [2.24, 2.45) is 0 Å². The van der Waals surface area contributed by atoms with Gasteiger partial charge in [0.15, 0.2) is 4.75 Å². The van der Waals surface area contributed by atoms with Crippen LogP contribution in [-0.4, -0.2) is 23.2 Å². The molecule has 0 saturated heterocycles. The molecule has 1 unspecified atom stereocenters. The lowest BCUT2D eigenvalue weighted by Crippen LogP contribution is -2.38. The predicted molar refractivity (Wildman–Crippen MR) is 114 cm³/mol. The molecular formula is C19H12Cl4O5S. The van der Waals surface area contributed by atoms with E-state index in [9.17, 15) is 23.2 Å². The summed E-state index contributed by atoms with van der Waals surface area (Å²) in [6.45, 7) is 0. The third-order valence-corrected chi connectivity index (χ3v) is 7.37. The molecule has 0 fully saturated rings. The van der Waals surface area contributed by atoms with Gasteiger partial charge < -0.3 is 10.2 Å². The Balaban J connectivity index is 2.63. The predicted octanol–water partition coefficient (Wildman–Crippen LogP) is 5.89. The fraction of sp³-hybridized carbons (Fsp3) is 0.0526. The Bertz CT molecular complexity index is 1210. The van der Waals surface area contributed by atoms with Crippen LogP contribution < -0.4 is 0 Å². The van der Waals surface area contributed by atoms with Crippen molar-refractivity contribution in [1.29, 1.82) is 0 Å². The molecule has 0 radical (unpaired) electrons. The lowest BCUT2D eigenvalue weighted by atomic mass is 9.83. The quantitative estimate of drug-likeness (QED) is 0.239. The van der Waals surface area contributed by atoms with E-state index in [1.807, 2.05) is 0 Å². The standard InChI is InChI=1S/C19H12Cl4O5S/c20-11-4-7-16(25)14(9-11)19(29(26,27)28,10-2-1-3-12(24)8-10)13-5-6-15(21)18(23)17(13)22/h1-9,24-25H,(H,26,27,28). The summed E-state index contributed by atoms with van der Waals surface area (Å²) >= 11 is 24.5. The third-order valence-electron chi connectivity index (χ3n) is 4.39. The van der Waals surface area contributed by atoms with Crippen molar-refractivity contribution in [2.75, 3.05) is 0 Å². The first kappa shape index (κ1) is 22.0. The van der Waals surface area contributed by atoms with E-state index in [1.165, 1.54) is 48.5 Å². The maximum absolute atomic E-state index is 13.0. The topological polar surface area (TPSA) is 94.8 Å². The largest absolute Gasteiger partial charge is 0.508 e. The normalized spacial score (nSPS) is 13.8. The number of hydrogen-bond donors (Lipinski definition) is 3. The molecule has 10 heteroatoms. The Hall–Kier alpha value is -1.67. The number of rotatable bonds is 4. The molecule has 3 N–H and O–H groups in total. The molecule has 3 aromatic carbocycles. The van der Waals surface area contributed by atoms with E-state index in [2.05, 4.69) is 0 Å². The van der Waals surface area contributed by atoms with Gasteiger partial charge >= 0.3 is 0 Å². The molecule has 1 atom stereocenters. The van der Waals surface area contributed by atoms with Crippen LogP contribution in [0, 0.1) is 0 Å². The van der Waals surface area contributed by atoms with Crippen molar-refractivity contribution < 1.29 is 23.2 Å². The van der Waals surface area contributed by atoms with Crippen LogP contribution in [0.25, 0.3) is 0 Å². The van der Waals surface area contributed by atoms with E-state index >= 15 is 0 Å². The van der Waals surface area contributed by atoms with E-state index in [4.69, 9.17) is 46.4 Å². The van der Waals surface area contributed by atoms with Crippen LogP contribution in [-0.2, 0) is 14.9 Å². The molecule has 0 aromatic heterocycles. The number of phenolic OH excluding ortho intramolecular Hbond substituents is 2. The minimum absolute atomic E-state index is 0.0517. The Morgan fingerprint density at radius 3 is 2.10 bits per heavy atom. The first-order valence-corrected chi connectivity index (χ1v) is 10.8. The summed E-state index contributed by atoms with van der Waals surface area (Å²) in [6.07, 6.45) is 0. The number of halogens is 4. The molecule has 0 aliphatic carbocycles. The highest BCUT2D eigenvalue weighted by Crippen LogP contribution is 2.51. The van der Waals surface area contributed by atoms with Crippen molar-refractivity contribution >= 4 is 56.5 Å². The van der Waals surface area contributed by atoms with Gasteiger partial charge in [-0.1, -0.05) is 64.6 Å². The maximum Gasteiger partial charge on any atom is 0.283 e. The van der Waals surface area contributed by atoms with E-state index < -0.39 is 20.6 Å². The van der Waals surface area contributed by atoms with Crippen LogP contribution in [0.1, 0.15) is 16.7 Å². The number of benzene rings is 3. The van der Waals surface area contributed by atoms with E-state index in [0.29, 0.717) is 0 Å². The molecule has 0 aliphatic heterocycles. The summed E-state index contributed by atoms with van der Waals surface area (Å²) in [5, 5.41) is 20.2. The van der Waals surface area contributed by atoms with Crippen LogP contribution in [0.5, 0.6) is 11.5 Å². The third kappa shape index (κ3) is 3.65. The minimum atomic E-state index is -5.11. The zero-order valence-corrected chi connectivity index (χ0v) is 18.1. The number of hydrogen-bond acceptors (Lipinski definition) is 4. The zero-order valence-electron chi connectivity index (χ0n) is 14.3. The van der Waals surface area contributed by atoms with Crippen LogP contribution in [0.15, 0.2) is 54.6 Å². The first-order chi connectivity index (χ1) is 13.5. The van der Waals surface area contributed by atoms with E-state index in [1.54, 1.807) is 0 Å². The van der Waals surface area contributed by atoms with Crippen molar-refractivity contribution in [2.45, 2.75) is 4.75 Å². The highest BCUT2D eigenvalue weighted by Gasteiger charge is 2.51. The lowest BCUT2D eigenvalue weighted by Gasteiger charge is -2.34. The Morgan fingerprint density at radius 1 is 0.793 bits per heavy atom. The van der Waals surface area contributed by atoms with Gasteiger partial charge in [0, 0.05) is 16.1 Å². The fourth-order valence-electron chi connectivity index (χ4n) is 3.20. The second-order valence-electron chi connectivity index (χ2n) is 6.09. The fourth-order valence-corrected chi connectivity index (χ4v) is 5.42. The molecule has 0 saturated carbocycles. The molecular weight excluding hydrogens is 482 g/mol. The Kier molecular flexibility index (Phi) is 5.98.